The molecule has 0 radical (unpaired) electrons. The van der Waals surface area contributed by atoms with Crippen LogP contribution in [0, 0.1) is 0 Å². The standard InChI is InChI=1S/C22H25N5O2.C20H19F3N4O5S.C4H8O.C3H7N/c28-22(29-16-17-7-2-1-3-8-17)26-13-5-4-9-19(26)18-15-21-23-20(25-11-6-12-25)10-14-27(21)24-18;21-20(22,23)33(29,30)32-18-9-11-27-17(24-18)12-15(25-27)16-8-4-5-10-26(16)19(28)31-13-14-6-2-1-3-7-14;1-2-4-5-3-1;1-2-4-3-1/h1-3,7-8,10,14-15,19H,4-6,9,11-13,16H2;1-3,6-7,9,11-12,16H,4-5,8,10,13H2;1-4H2;4H,1-3H2/t19-;16-;;/m00../s1. The molecule has 2 aromatic carbocycles. The predicted molar refractivity (Wildman–Crippen MR) is 256 cm³/mol. The number of anilines is 1. The Kier molecular flexibility index (Phi) is 17.2. The van der Waals surface area contributed by atoms with Gasteiger partial charge in [-0.05, 0) is 94.5 Å². The van der Waals surface area contributed by atoms with Crippen LogP contribution in [0.4, 0.5) is 28.6 Å². The highest BCUT2D eigenvalue weighted by atomic mass is 32.2. The van der Waals surface area contributed by atoms with Gasteiger partial charge in [-0.3, -0.25) is 9.80 Å². The number of amides is 2. The molecule has 2 amide bonds. The summed E-state index contributed by atoms with van der Waals surface area (Å²) in [5.74, 6) is 0.256. The van der Waals surface area contributed by atoms with Crippen molar-refractivity contribution < 1.29 is 49.6 Å². The van der Waals surface area contributed by atoms with E-state index in [0.717, 1.165) is 92.8 Å². The zero-order chi connectivity index (χ0) is 49.6. The first-order valence-electron chi connectivity index (χ1n) is 24.1. The summed E-state index contributed by atoms with van der Waals surface area (Å²) in [7, 11) is -5.84. The van der Waals surface area contributed by atoms with Crippen molar-refractivity contribution in [2.24, 2.45) is 0 Å². The van der Waals surface area contributed by atoms with Crippen LogP contribution in [0.2, 0.25) is 0 Å². The summed E-state index contributed by atoms with van der Waals surface area (Å²) in [5.41, 5.74) is -1.50. The predicted octanol–water partition coefficient (Wildman–Crippen LogP) is 8.40. The van der Waals surface area contributed by atoms with E-state index < -0.39 is 33.6 Å². The third kappa shape index (κ3) is 13.7. The van der Waals surface area contributed by atoms with Crippen LogP contribution in [0.25, 0.3) is 11.3 Å². The fourth-order valence-electron chi connectivity index (χ4n) is 8.23. The lowest BCUT2D eigenvalue weighted by atomic mass is 10.00. The molecule has 18 nitrogen and oxygen atoms in total. The number of carbonyl (C=O) groups is 2. The van der Waals surface area contributed by atoms with Gasteiger partial charge in [0.1, 0.15) is 19.0 Å². The lowest BCUT2D eigenvalue weighted by Crippen LogP contribution is -2.39. The number of likely N-dealkylation sites (tertiary alicyclic amines) is 2. The van der Waals surface area contributed by atoms with Gasteiger partial charge in [0, 0.05) is 70.0 Å². The minimum Gasteiger partial charge on any atom is -0.445 e. The molecule has 5 aliphatic heterocycles. The van der Waals surface area contributed by atoms with Gasteiger partial charge in [0.05, 0.1) is 23.5 Å². The Bertz CT molecular complexity index is 2760. The summed E-state index contributed by atoms with van der Waals surface area (Å²) in [5, 5.41) is 12.2. The maximum absolute atomic E-state index is 12.8. The molecule has 5 fully saturated rings. The van der Waals surface area contributed by atoms with Gasteiger partial charge in [-0.2, -0.15) is 36.8 Å². The number of halogens is 3. The molecule has 71 heavy (non-hydrogen) atoms. The Labute approximate surface area is 410 Å². The average molecular weight is 1010 g/mol. The van der Waals surface area contributed by atoms with Gasteiger partial charge in [-0.25, -0.2) is 23.6 Å². The van der Waals surface area contributed by atoms with Crippen LogP contribution < -0.4 is 14.4 Å². The van der Waals surface area contributed by atoms with Crippen LogP contribution in [-0.4, -0.2) is 118 Å². The van der Waals surface area contributed by atoms with Crippen molar-refractivity contribution in [2.75, 3.05) is 57.4 Å². The van der Waals surface area contributed by atoms with Crippen molar-refractivity contribution >= 4 is 39.4 Å². The van der Waals surface area contributed by atoms with Crippen molar-refractivity contribution in [3.8, 4) is 5.88 Å². The number of alkyl halides is 3. The Morgan fingerprint density at radius 1 is 0.648 bits per heavy atom. The van der Waals surface area contributed by atoms with Crippen LogP contribution in [-0.2, 0) is 37.5 Å². The highest BCUT2D eigenvalue weighted by Crippen LogP contribution is 2.34. The smallest absolute Gasteiger partial charge is 0.445 e. The van der Waals surface area contributed by atoms with E-state index in [0.29, 0.717) is 25.2 Å². The van der Waals surface area contributed by atoms with E-state index in [1.165, 1.54) is 55.6 Å². The van der Waals surface area contributed by atoms with Crippen LogP contribution in [0.5, 0.6) is 5.88 Å². The number of hydrogen-bond acceptors (Lipinski definition) is 14. The molecule has 0 aliphatic carbocycles. The monoisotopic (exact) mass is 1000 g/mol. The molecule has 9 heterocycles. The fraction of sp³-hybridized carbons (Fsp3) is 0.469. The molecular formula is C49H59F3N10O8S. The van der Waals surface area contributed by atoms with Gasteiger partial charge < -0.3 is 28.6 Å². The molecule has 0 saturated carbocycles. The van der Waals surface area contributed by atoms with Gasteiger partial charge in [-0.1, -0.05) is 60.7 Å². The molecule has 6 aromatic rings. The van der Waals surface area contributed by atoms with E-state index in [1.54, 1.807) is 9.42 Å². The summed E-state index contributed by atoms with van der Waals surface area (Å²) in [6, 6.07) is 25.0. The number of rotatable bonds is 9. The molecule has 5 aliphatic rings. The summed E-state index contributed by atoms with van der Waals surface area (Å²) in [6.45, 7) is 8.18. The van der Waals surface area contributed by atoms with Crippen molar-refractivity contribution in [1.29, 1.82) is 0 Å². The summed E-state index contributed by atoms with van der Waals surface area (Å²) in [6.07, 6.45) is 12.8. The Balaban J connectivity index is 0.000000162. The molecule has 1 N–H and O–H groups in total. The largest absolute Gasteiger partial charge is 0.534 e. The number of nitrogens with one attached hydrogen (secondary N) is 1. The van der Waals surface area contributed by atoms with Crippen LogP contribution in [0.3, 0.4) is 0 Å². The lowest BCUT2D eigenvalue weighted by Gasteiger charge is -2.33. The Morgan fingerprint density at radius 2 is 1.14 bits per heavy atom. The molecule has 0 bridgehead atoms. The van der Waals surface area contributed by atoms with Crippen LogP contribution in [0.1, 0.15) is 98.8 Å². The highest BCUT2D eigenvalue weighted by molar-refractivity contribution is 7.87. The highest BCUT2D eigenvalue weighted by Gasteiger charge is 2.49. The first kappa shape index (κ1) is 50.9. The molecule has 4 aromatic heterocycles. The second-order valence-corrected chi connectivity index (χ2v) is 19.1. The van der Waals surface area contributed by atoms with Crippen molar-refractivity contribution in [3.63, 3.8) is 0 Å². The molecule has 2 atom stereocenters. The van der Waals surface area contributed by atoms with Gasteiger partial charge >= 0.3 is 27.8 Å². The van der Waals surface area contributed by atoms with Crippen molar-refractivity contribution in [3.05, 3.63) is 120 Å². The number of nitrogens with zero attached hydrogens (tertiary/aromatic N) is 9. The number of ether oxygens (including phenoxy) is 3. The number of fused-ring (bicyclic) bond motifs is 2. The van der Waals surface area contributed by atoms with Crippen LogP contribution >= 0.6 is 0 Å². The zero-order valence-electron chi connectivity index (χ0n) is 39.4. The van der Waals surface area contributed by atoms with E-state index in [2.05, 4.69) is 24.5 Å². The van der Waals surface area contributed by atoms with E-state index in [9.17, 15) is 31.2 Å². The van der Waals surface area contributed by atoms with Gasteiger partial charge in [0.2, 0.25) is 5.88 Å². The van der Waals surface area contributed by atoms with Gasteiger partial charge in [-0.15, -0.1) is 0 Å². The minimum absolute atomic E-state index is 0.0683. The summed E-state index contributed by atoms with van der Waals surface area (Å²) < 4.78 is 83.3. The fourth-order valence-corrected chi connectivity index (χ4v) is 8.64. The number of benzene rings is 2. The number of aromatic nitrogens is 6. The number of hydrogen-bond donors (Lipinski definition) is 1. The third-order valence-corrected chi connectivity index (χ3v) is 13.4. The van der Waals surface area contributed by atoms with Crippen LogP contribution in [0.15, 0.2) is 97.3 Å². The van der Waals surface area contributed by atoms with Crippen molar-refractivity contribution in [1.82, 2.24) is 44.3 Å². The SMILES string of the molecule is C1CCOC1.C1CNC1.O=C(OCc1ccccc1)N1CCCC[C@H]1c1cc2nc(N3CCC3)ccn2n1.O=C(OCc1ccccc1)N1CCCC[C@H]1c1cc2nc(OS(=O)(=O)C(F)(F)F)ccn2n1. The maximum atomic E-state index is 12.8. The minimum atomic E-state index is -5.84. The van der Waals surface area contributed by atoms with E-state index in [4.69, 9.17) is 24.3 Å². The first-order valence-corrected chi connectivity index (χ1v) is 25.5. The second-order valence-electron chi connectivity index (χ2n) is 17.5. The Hall–Kier alpha value is -6.52. The lowest BCUT2D eigenvalue weighted by molar-refractivity contribution is -0.0501. The van der Waals surface area contributed by atoms with Gasteiger partial charge in [0.15, 0.2) is 11.3 Å². The average Bonchev–Trinajstić information content (AvgIpc) is 4.15. The number of piperidine rings is 2. The van der Waals surface area contributed by atoms with E-state index in [-0.39, 0.29) is 31.0 Å². The summed E-state index contributed by atoms with van der Waals surface area (Å²) in [4.78, 5) is 39.7. The molecular weight excluding hydrogens is 946 g/mol. The molecule has 22 heteroatoms. The number of carbonyl (C=O) groups excluding carboxylic acids is 2. The zero-order valence-corrected chi connectivity index (χ0v) is 40.2. The Morgan fingerprint density at radius 3 is 1.58 bits per heavy atom. The second kappa shape index (κ2) is 24.1. The van der Waals surface area contributed by atoms with E-state index >= 15 is 0 Å². The normalized spacial score (nSPS) is 18.9. The third-order valence-electron chi connectivity index (χ3n) is 12.4. The first-order chi connectivity index (χ1) is 34.4. The molecule has 5 saturated heterocycles. The summed E-state index contributed by atoms with van der Waals surface area (Å²) >= 11 is 0. The topological polar surface area (TPSA) is 187 Å². The molecule has 0 spiro atoms. The maximum Gasteiger partial charge on any atom is 0.534 e. The van der Waals surface area contributed by atoms with Gasteiger partial charge in [0.25, 0.3) is 0 Å². The van der Waals surface area contributed by atoms with Crippen molar-refractivity contribution in [2.45, 2.75) is 95.0 Å². The molecule has 380 valence electrons. The van der Waals surface area contributed by atoms with E-state index in [1.807, 2.05) is 83.9 Å². The molecule has 11 rings (SSSR count). The molecule has 0 unspecified atom stereocenters. The quantitative estimate of drug-likeness (QED) is 0.107.